The van der Waals surface area contributed by atoms with Gasteiger partial charge in [0.1, 0.15) is 5.82 Å². The Kier molecular flexibility index (Phi) is 2.21. The molecule has 0 unspecified atom stereocenters. The molecule has 0 saturated heterocycles. The van der Waals surface area contributed by atoms with Crippen LogP contribution in [-0.4, -0.2) is 10.8 Å². The average molecular weight is 229 g/mol. The quantitative estimate of drug-likeness (QED) is 0.703. The average Bonchev–Trinajstić information content (AvgIpc) is 2.72. The number of rotatable bonds is 1. The van der Waals surface area contributed by atoms with Crippen LogP contribution in [0.1, 0.15) is 35.0 Å². The number of Topliss-reactive ketones (excluding diaryl/α,β-unsaturated/α-hetero) is 1. The van der Waals surface area contributed by atoms with Gasteiger partial charge < -0.3 is 0 Å². The summed E-state index contributed by atoms with van der Waals surface area (Å²) in [5, 5.41) is 0.651. The topological polar surface area (TPSA) is 30.0 Å². The summed E-state index contributed by atoms with van der Waals surface area (Å²) >= 11 is 0. The van der Waals surface area contributed by atoms with Crippen molar-refractivity contribution in [3.05, 3.63) is 40.8 Å². The number of ketones is 1. The van der Waals surface area contributed by atoms with E-state index in [-0.39, 0.29) is 11.6 Å². The van der Waals surface area contributed by atoms with Crippen molar-refractivity contribution in [2.45, 2.75) is 26.2 Å². The van der Waals surface area contributed by atoms with Crippen molar-refractivity contribution in [1.29, 1.82) is 0 Å². The minimum atomic E-state index is -0.320. The zero-order chi connectivity index (χ0) is 12.0. The maximum atomic E-state index is 13.3. The van der Waals surface area contributed by atoms with E-state index in [2.05, 4.69) is 4.98 Å². The highest BCUT2D eigenvalue weighted by atomic mass is 19.1. The molecule has 0 fully saturated rings. The minimum Gasteiger partial charge on any atom is -0.294 e. The molecule has 1 aromatic carbocycles. The summed E-state index contributed by atoms with van der Waals surface area (Å²) in [4.78, 5) is 16.3. The van der Waals surface area contributed by atoms with Crippen LogP contribution in [0.5, 0.6) is 0 Å². The highest BCUT2D eigenvalue weighted by molar-refractivity contribution is 6.07. The Hall–Kier alpha value is -1.77. The second-order valence-corrected chi connectivity index (χ2v) is 4.48. The number of hydrogen-bond acceptors (Lipinski definition) is 2. The maximum Gasteiger partial charge on any atom is 0.160 e. The van der Waals surface area contributed by atoms with Crippen molar-refractivity contribution < 1.29 is 9.18 Å². The van der Waals surface area contributed by atoms with Crippen LogP contribution in [0.3, 0.4) is 0 Å². The second kappa shape index (κ2) is 3.62. The van der Waals surface area contributed by atoms with Crippen molar-refractivity contribution in [1.82, 2.24) is 4.98 Å². The van der Waals surface area contributed by atoms with E-state index < -0.39 is 0 Å². The monoisotopic (exact) mass is 229 g/mol. The Labute approximate surface area is 98.5 Å². The number of hydrogen-bond donors (Lipinski definition) is 0. The largest absolute Gasteiger partial charge is 0.294 e. The van der Waals surface area contributed by atoms with Gasteiger partial charge in [-0.05, 0) is 49.9 Å². The number of carbonyl (C=O) groups is 1. The summed E-state index contributed by atoms with van der Waals surface area (Å²) in [5.41, 5.74) is 3.42. The first kappa shape index (κ1) is 10.4. The summed E-state index contributed by atoms with van der Waals surface area (Å²) in [5.74, 6) is -0.319. The van der Waals surface area contributed by atoms with Gasteiger partial charge in [0, 0.05) is 16.6 Å². The molecule has 1 aliphatic rings. The standard InChI is InChI=1S/C14H12FNO/c1-8(17)14-10-3-2-4-12(10)16-13-6-5-9(15)7-11(13)14/h5-7H,2-4H2,1H3. The number of aryl methyl sites for hydroxylation is 1. The lowest BCUT2D eigenvalue weighted by atomic mass is 9.98. The molecular weight excluding hydrogens is 217 g/mol. The lowest BCUT2D eigenvalue weighted by molar-refractivity contribution is 0.101. The number of benzene rings is 1. The lowest BCUT2D eigenvalue weighted by Crippen LogP contribution is -2.03. The van der Waals surface area contributed by atoms with E-state index in [1.165, 1.54) is 19.1 Å². The first-order chi connectivity index (χ1) is 8.16. The molecule has 0 radical (unpaired) electrons. The fourth-order valence-electron chi connectivity index (χ4n) is 2.64. The van der Waals surface area contributed by atoms with Gasteiger partial charge in [0.2, 0.25) is 0 Å². The molecule has 0 atom stereocenters. The van der Waals surface area contributed by atoms with E-state index in [4.69, 9.17) is 0 Å². The van der Waals surface area contributed by atoms with Crippen LogP contribution in [0, 0.1) is 5.82 Å². The van der Waals surface area contributed by atoms with Crippen molar-refractivity contribution in [2.24, 2.45) is 0 Å². The molecule has 1 heterocycles. The molecule has 0 spiro atoms. The molecule has 2 nitrogen and oxygen atoms in total. The highest BCUT2D eigenvalue weighted by Crippen LogP contribution is 2.30. The van der Waals surface area contributed by atoms with Crippen LogP contribution >= 0.6 is 0 Å². The molecule has 1 aromatic heterocycles. The Bertz CT molecular complexity index is 634. The molecule has 0 aliphatic heterocycles. The van der Waals surface area contributed by atoms with Gasteiger partial charge in [-0.25, -0.2) is 4.39 Å². The van der Waals surface area contributed by atoms with Gasteiger partial charge in [-0.1, -0.05) is 0 Å². The van der Waals surface area contributed by atoms with E-state index in [1.54, 1.807) is 6.07 Å². The number of aromatic nitrogens is 1. The fourth-order valence-corrected chi connectivity index (χ4v) is 2.64. The number of carbonyl (C=O) groups excluding carboxylic acids is 1. The first-order valence-corrected chi connectivity index (χ1v) is 5.79. The smallest absolute Gasteiger partial charge is 0.160 e. The Balaban J connectivity index is 2.45. The third-order valence-electron chi connectivity index (χ3n) is 3.33. The normalized spacial score (nSPS) is 14.0. The predicted octanol–water partition coefficient (Wildman–Crippen LogP) is 3.07. The third kappa shape index (κ3) is 1.54. The maximum absolute atomic E-state index is 13.3. The van der Waals surface area contributed by atoms with E-state index in [9.17, 15) is 9.18 Å². The molecule has 0 saturated carbocycles. The van der Waals surface area contributed by atoms with Crippen molar-refractivity contribution >= 4 is 16.7 Å². The zero-order valence-electron chi connectivity index (χ0n) is 9.59. The number of halogens is 1. The molecule has 1 aliphatic carbocycles. The molecule has 0 N–H and O–H groups in total. The van der Waals surface area contributed by atoms with Crippen LogP contribution in [0.4, 0.5) is 4.39 Å². The summed E-state index contributed by atoms with van der Waals surface area (Å²) in [7, 11) is 0. The van der Waals surface area contributed by atoms with Gasteiger partial charge in [-0.3, -0.25) is 9.78 Å². The molecule has 3 rings (SSSR count). The lowest BCUT2D eigenvalue weighted by Gasteiger charge is -2.09. The van der Waals surface area contributed by atoms with Crippen molar-refractivity contribution in [3.63, 3.8) is 0 Å². The van der Waals surface area contributed by atoms with Gasteiger partial charge in [-0.15, -0.1) is 0 Å². The Morgan fingerprint density at radius 2 is 2.18 bits per heavy atom. The highest BCUT2D eigenvalue weighted by Gasteiger charge is 2.21. The van der Waals surface area contributed by atoms with Crippen LogP contribution in [0.15, 0.2) is 18.2 Å². The molecule has 0 amide bonds. The van der Waals surface area contributed by atoms with Crippen LogP contribution in [0.25, 0.3) is 10.9 Å². The molecule has 3 heteroatoms. The zero-order valence-corrected chi connectivity index (χ0v) is 9.59. The van der Waals surface area contributed by atoms with Crippen LogP contribution in [-0.2, 0) is 12.8 Å². The molecule has 86 valence electrons. The molecule has 0 bridgehead atoms. The van der Waals surface area contributed by atoms with E-state index in [0.717, 1.165) is 36.0 Å². The van der Waals surface area contributed by atoms with Crippen LogP contribution in [0.2, 0.25) is 0 Å². The van der Waals surface area contributed by atoms with Gasteiger partial charge in [0.05, 0.1) is 5.52 Å². The SMILES string of the molecule is CC(=O)c1c2c(nc3ccc(F)cc13)CCC2. The van der Waals surface area contributed by atoms with E-state index in [1.807, 2.05) is 0 Å². The minimum absolute atomic E-state index is 0.00106. The molecule has 17 heavy (non-hydrogen) atoms. The van der Waals surface area contributed by atoms with Gasteiger partial charge in [-0.2, -0.15) is 0 Å². The van der Waals surface area contributed by atoms with Crippen molar-refractivity contribution in [3.8, 4) is 0 Å². The second-order valence-electron chi connectivity index (χ2n) is 4.48. The third-order valence-corrected chi connectivity index (χ3v) is 3.33. The first-order valence-electron chi connectivity index (χ1n) is 5.79. The van der Waals surface area contributed by atoms with Gasteiger partial charge >= 0.3 is 0 Å². The Morgan fingerprint density at radius 1 is 1.35 bits per heavy atom. The molecule has 2 aromatic rings. The number of pyridine rings is 1. The summed E-state index contributed by atoms with van der Waals surface area (Å²) in [6, 6.07) is 4.45. The number of nitrogens with zero attached hydrogens (tertiary/aromatic N) is 1. The van der Waals surface area contributed by atoms with Gasteiger partial charge in [0.15, 0.2) is 5.78 Å². The summed E-state index contributed by atoms with van der Waals surface area (Å²) < 4.78 is 13.3. The Morgan fingerprint density at radius 3 is 2.94 bits per heavy atom. The van der Waals surface area contributed by atoms with E-state index >= 15 is 0 Å². The fraction of sp³-hybridized carbons (Fsp3) is 0.286. The summed E-state index contributed by atoms with van der Waals surface area (Å²) in [6.45, 7) is 1.54. The summed E-state index contributed by atoms with van der Waals surface area (Å²) in [6.07, 6.45) is 2.83. The van der Waals surface area contributed by atoms with Crippen LogP contribution < -0.4 is 0 Å². The van der Waals surface area contributed by atoms with E-state index in [0.29, 0.717) is 10.9 Å². The number of fused-ring (bicyclic) bond motifs is 2. The van der Waals surface area contributed by atoms with Crippen molar-refractivity contribution in [2.75, 3.05) is 0 Å². The van der Waals surface area contributed by atoms with Gasteiger partial charge in [0.25, 0.3) is 0 Å². The molecular formula is C14H12FNO. The predicted molar refractivity (Wildman–Crippen MR) is 63.7 cm³/mol.